The van der Waals surface area contributed by atoms with Crippen LogP contribution >= 0.6 is 15.9 Å². The number of carbonyl (C=O) groups excluding carboxylic acids is 2. The fourth-order valence-corrected chi connectivity index (χ4v) is 3.65. The third-order valence-corrected chi connectivity index (χ3v) is 5.31. The van der Waals surface area contributed by atoms with Crippen molar-refractivity contribution < 1.29 is 19.1 Å². The number of anilines is 1. The van der Waals surface area contributed by atoms with E-state index in [1.807, 2.05) is 48.5 Å². The Bertz CT molecular complexity index is 1060. The number of methoxy groups -OCH3 is 1. The molecule has 0 bridgehead atoms. The van der Waals surface area contributed by atoms with Gasteiger partial charge in [0.25, 0.3) is 5.91 Å². The molecule has 0 heterocycles. The van der Waals surface area contributed by atoms with Gasteiger partial charge in [-0.05, 0) is 60.5 Å². The van der Waals surface area contributed by atoms with Gasteiger partial charge in [-0.1, -0.05) is 46.3 Å². The number of hydrogen-bond donors (Lipinski definition) is 2. The molecule has 0 aliphatic heterocycles. The van der Waals surface area contributed by atoms with Crippen LogP contribution in [0.2, 0.25) is 0 Å². The molecule has 0 aliphatic carbocycles. The molecule has 0 aliphatic rings. The van der Waals surface area contributed by atoms with Gasteiger partial charge in [0.05, 0.1) is 26.3 Å². The fraction of sp³-hybridized carbons (Fsp3) is 0.200. The van der Waals surface area contributed by atoms with Crippen LogP contribution in [0.4, 0.5) is 5.69 Å². The smallest absolute Gasteiger partial charge is 0.319 e. The number of ether oxygens (including phenoxy) is 2. The maximum atomic E-state index is 12.9. The average Bonchev–Trinajstić information content (AvgIpc) is 2.81. The highest BCUT2D eigenvalue weighted by Crippen LogP contribution is 2.31. The summed E-state index contributed by atoms with van der Waals surface area (Å²) in [7, 11) is 1.58. The topological polar surface area (TPSA) is 76.7 Å². The Balaban J connectivity index is 1.92. The maximum absolute atomic E-state index is 12.9. The van der Waals surface area contributed by atoms with E-state index in [1.54, 1.807) is 38.3 Å². The predicted molar refractivity (Wildman–Crippen MR) is 128 cm³/mol. The lowest BCUT2D eigenvalue weighted by molar-refractivity contribution is -0.142. The summed E-state index contributed by atoms with van der Waals surface area (Å²) in [5.74, 6) is 0.0962. The zero-order chi connectivity index (χ0) is 22.9. The standard InChI is InChI=1S/C25H25BrN2O4/c1-3-32-23(29)16-27-24(17-7-5-4-6-8-17)21-15-19(26)11-14-22(21)28-25(30)18-9-12-20(31-2)13-10-18/h4-15,24,27H,3,16H2,1-2H3,(H,28,30)/t24-/m0/s1. The molecule has 1 atom stereocenters. The summed E-state index contributed by atoms with van der Waals surface area (Å²) in [4.78, 5) is 24.9. The Morgan fingerprint density at radius 1 is 1.00 bits per heavy atom. The van der Waals surface area contributed by atoms with Crippen LogP contribution in [0.3, 0.4) is 0 Å². The van der Waals surface area contributed by atoms with Gasteiger partial charge in [-0.15, -0.1) is 0 Å². The Kier molecular flexibility index (Phi) is 8.41. The first kappa shape index (κ1) is 23.5. The third-order valence-electron chi connectivity index (χ3n) is 4.81. The van der Waals surface area contributed by atoms with E-state index >= 15 is 0 Å². The molecule has 1 amide bonds. The summed E-state index contributed by atoms with van der Waals surface area (Å²) in [6.45, 7) is 2.12. The SMILES string of the molecule is CCOC(=O)CN[C@@H](c1ccccc1)c1cc(Br)ccc1NC(=O)c1ccc(OC)cc1. The molecule has 3 aromatic rings. The van der Waals surface area contributed by atoms with Crippen molar-refractivity contribution >= 4 is 33.5 Å². The van der Waals surface area contributed by atoms with E-state index in [-0.39, 0.29) is 24.5 Å². The van der Waals surface area contributed by atoms with Crippen LogP contribution in [0.5, 0.6) is 5.75 Å². The molecule has 2 N–H and O–H groups in total. The number of amides is 1. The predicted octanol–water partition coefficient (Wildman–Crippen LogP) is 4.95. The highest BCUT2D eigenvalue weighted by atomic mass is 79.9. The van der Waals surface area contributed by atoms with Crippen molar-refractivity contribution in [3.05, 3.63) is 94.0 Å². The van der Waals surface area contributed by atoms with E-state index in [1.165, 1.54) is 0 Å². The minimum absolute atomic E-state index is 0.0335. The molecule has 0 radical (unpaired) electrons. The minimum atomic E-state index is -0.343. The second-order valence-electron chi connectivity index (χ2n) is 6.94. The molecule has 3 rings (SSSR count). The molecule has 6 nitrogen and oxygen atoms in total. The zero-order valence-corrected chi connectivity index (χ0v) is 19.5. The highest BCUT2D eigenvalue weighted by Gasteiger charge is 2.20. The number of halogens is 1. The van der Waals surface area contributed by atoms with Crippen molar-refractivity contribution in [2.45, 2.75) is 13.0 Å². The number of carbonyl (C=O) groups is 2. The number of rotatable bonds is 9. The van der Waals surface area contributed by atoms with Crippen LogP contribution < -0.4 is 15.4 Å². The molecule has 0 saturated heterocycles. The normalized spacial score (nSPS) is 11.5. The Morgan fingerprint density at radius 3 is 2.38 bits per heavy atom. The minimum Gasteiger partial charge on any atom is -0.497 e. The fourth-order valence-electron chi connectivity index (χ4n) is 3.27. The third kappa shape index (κ3) is 6.18. The monoisotopic (exact) mass is 496 g/mol. The van der Waals surface area contributed by atoms with Crippen molar-refractivity contribution in [3.8, 4) is 5.75 Å². The molecule has 3 aromatic carbocycles. The summed E-state index contributed by atoms with van der Waals surface area (Å²) in [6.07, 6.45) is 0. The maximum Gasteiger partial charge on any atom is 0.319 e. The van der Waals surface area contributed by atoms with Gasteiger partial charge < -0.3 is 14.8 Å². The van der Waals surface area contributed by atoms with Crippen LogP contribution in [0.25, 0.3) is 0 Å². The van der Waals surface area contributed by atoms with Crippen molar-refractivity contribution in [3.63, 3.8) is 0 Å². The van der Waals surface area contributed by atoms with Crippen molar-refractivity contribution in [1.82, 2.24) is 5.32 Å². The van der Waals surface area contributed by atoms with E-state index in [0.29, 0.717) is 23.6 Å². The lowest BCUT2D eigenvalue weighted by atomic mass is 9.96. The summed E-state index contributed by atoms with van der Waals surface area (Å²) >= 11 is 3.52. The van der Waals surface area contributed by atoms with Crippen LogP contribution in [-0.2, 0) is 9.53 Å². The van der Waals surface area contributed by atoms with Gasteiger partial charge in [-0.3, -0.25) is 14.9 Å². The zero-order valence-electron chi connectivity index (χ0n) is 17.9. The van der Waals surface area contributed by atoms with Crippen LogP contribution in [0, 0.1) is 0 Å². The number of benzene rings is 3. The average molecular weight is 497 g/mol. The molecule has 7 heteroatoms. The molecule has 0 saturated carbocycles. The summed E-state index contributed by atoms with van der Waals surface area (Å²) in [5.41, 5.74) is 2.92. The Morgan fingerprint density at radius 2 is 1.72 bits per heavy atom. The second kappa shape index (κ2) is 11.5. The van der Waals surface area contributed by atoms with E-state index < -0.39 is 0 Å². The molecule has 32 heavy (non-hydrogen) atoms. The van der Waals surface area contributed by atoms with Gasteiger partial charge in [0.15, 0.2) is 0 Å². The lowest BCUT2D eigenvalue weighted by Gasteiger charge is -2.23. The molecular formula is C25H25BrN2O4. The van der Waals surface area contributed by atoms with Gasteiger partial charge in [0.1, 0.15) is 5.75 Å². The number of nitrogens with one attached hydrogen (secondary N) is 2. The van der Waals surface area contributed by atoms with Crippen molar-refractivity contribution in [2.75, 3.05) is 25.6 Å². The number of hydrogen-bond acceptors (Lipinski definition) is 5. The summed E-state index contributed by atoms with van der Waals surface area (Å²) < 4.78 is 11.1. The molecule has 166 valence electrons. The molecule has 0 aromatic heterocycles. The lowest BCUT2D eigenvalue weighted by Crippen LogP contribution is -2.30. The Labute approximate surface area is 196 Å². The first-order valence-electron chi connectivity index (χ1n) is 10.2. The van der Waals surface area contributed by atoms with Gasteiger partial charge in [0, 0.05) is 15.7 Å². The summed E-state index contributed by atoms with van der Waals surface area (Å²) in [5, 5.41) is 6.27. The molecule has 0 fully saturated rings. The van der Waals surface area contributed by atoms with Gasteiger partial charge in [0.2, 0.25) is 0 Å². The quantitative estimate of drug-likeness (QED) is 0.409. The van der Waals surface area contributed by atoms with Gasteiger partial charge in [-0.2, -0.15) is 0 Å². The van der Waals surface area contributed by atoms with E-state index in [2.05, 4.69) is 26.6 Å². The Hall–Kier alpha value is -3.16. The summed E-state index contributed by atoms with van der Waals surface area (Å²) in [6, 6.07) is 21.9. The van der Waals surface area contributed by atoms with Crippen LogP contribution in [-0.4, -0.2) is 32.1 Å². The van der Waals surface area contributed by atoms with Crippen LogP contribution in [0.15, 0.2) is 77.3 Å². The van der Waals surface area contributed by atoms with Crippen molar-refractivity contribution in [1.29, 1.82) is 0 Å². The number of esters is 1. The molecular weight excluding hydrogens is 472 g/mol. The first-order valence-corrected chi connectivity index (χ1v) is 11.0. The highest BCUT2D eigenvalue weighted by molar-refractivity contribution is 9.10. The first-order chi connectivity index (χ1) is 15.5. The van der Waals surface area contributed by atoms with Gasteiger partial charge in [-0.25, -0.2) is 0 Å². The van der Waals surface area contributed by atoms with E-state index in [9.17, 15) is 9.59 Å². The van der Waals surface area contributed by atoms with E-state index in [4.69, 9.17) is 9.47 Å². The van der Waals surface area contributed by atoms with E-state index in [0.717, 1.165) is 15.6 Å². The van der Waals surface area contributed by atoms with Crippen LogP contribution in [0.1, 0.15) is 34.5 Å². The largest absolute Gasteiger partial charge is 0.497 e. The molecule has 0 spiro atoms. The molecule has 0 unspecified atom stereocenters. The van der Waals surface area contributed by atoms with Gasteiger partial charge >= 0.3 is 5.97 Å². The van der Waals surface area contributed by atoms with Crippen molar-refractivity contribution in [2.24, 2.45) is 0 Å². The second-order valence-corrected chi connectivity index (χ2v) is 7.86.